The molecule has 1 saturated heterocycles. The number of ether oxygens (including phenoxy) is 1. The molecule has 0 atom stereocenters. The van der Waals surface area contributed by atoms with Gasteiger partial charge in [0.2, 0.25) is 0 Å². The Morgan fingerprint density at radius 1 is 1.07 bits per heavy atom. The topological polar surface area (TPSA) is 78.5 Å². The molecular weight excluding hydrogens is 366 g/mol. The number of anilines is 2. The Kier molecular flexibility index (Phi) is 5.48. The predicted molar refractivity (Wildman–Crippen MR) is 110 cm³/mol. The highest BCUT2D eigenvalue weighted by atomic mass is 16.5. The molecular formula is C23H21N3O3. The number of carbonyl (C=O) groups excluding carboxylic acids is 1. The van der Waals surface area contributed by atoms with Crippen molar-refractivity contribution in [2.75, 3.05) is 23.3 Å². The normalized spacial score (nSPS) is 13.1. The van der Waals surface area contributed by atoms with E-state index < -0.39 is 0 Å². The van der Waals surface area contributed by atoms with E-state index in [1.54, 1.807) is 36.4 Å². The summed E-state index contributed by atoms with van der Waals surface area (Å²) in [7, 11) is 0. The molecule has 1 amide bonds. The van der Waals surface area contributed by atoms with Crippen LogP contribution in [0.5, 0.6) is 5.75 Å². The number of benzene rings is 2. The average molecular weight is 387 g/mol. The highest BCUT2D eigenvalue weighted by Gasteiger charge is 2.18. The molecule has 4 rings (SSSR count). The first-order valence-corrected chi connectivity index (χ1v) is 9.60. The fourth-order valence-corrected chi connectivity index (χ4v) is 3.41. The first-order chi connectivity index (χ1) is 14.2. The number of nitrogens with zero attached hydrogens (tertiary/aromatic N) is 2. The lowest BCUT2D eigenvalue weighted by molar-refractivity contribution is 0.0992. The predicted octanol–water partition coefficient (Wildman–Crippen LogP) is 4.58. The van der Waals surface area contributed by atoms with Crippen molar-refractivity contribution >= 4 is 17.3 Å². The van der Waals surface area contributed by atoms with E-state index in [1.807, 2.05) is 24.3 Å². The first kappa shape index (κ1) is 18.6. The van der Waals surface area contributed by atoms with E-state index in [0.29, 0.717) is 17.1 Å². The van der Waals surface area contributed by atoms with Gasteiger partial charge in [0.25, 0.3) is 5.91 Å². The minimum absolute atomic E-state index is 0.135. The first-order valence-electron chi connectivity index (χ1n) is 9.60. The SMILES string of the molecule is N#Cc1ccccc1OCc1ccc(C(=O)Nc2ccccc2N2CCCC2)o1. The van der Waals surface area contributed by atoms with Crippen molar-refractivity contribution in [3.63, 3.8) is 0 Å². The Hall–Kier alpha value is -3.72. The number of hydrogen-bond donors (Lipinski definition) is 1. The van der Waals surface area contributed by atoms with Gasteiger partial charge in [0, 0.05) is 13.1 Å². The van der Waals surface area contributed by atoms with E-state index in [9.17, 15) is 4.79 Å². The highest BCUT2D eigenvalue weighted by Crippen LogP contribution is 2.29. The van der Waals surface area contributed by atoms with Gasteiger partial charge in [-0.05, 0) is 49.2 Å². The van der Waals surface area contributed by atoms with Gasteiger partial charge in [-0.1, -0.05) is 24.3 Å². The van der Waals surface area contributed by atoms with Crippen LogP contribution < -0.4 is 15.0 Å². The smallest absolute Gasteiger partial charge is 0.291 e. The second-order valence-electron chi connectivity index (χ2n) is 6.83. The number of amides is 1. The van der Waals surface area contributed by atoms with Crippen LogP contribution in [-0.4, -0.2) is 19.0 Å². The number of carbonyl (C=O) groups is 1. The zero-order valence-corrected chi connectivity index (χ0v) is 15.9. The molecule has 29 heavy (non-hydrogen) atoms. The van der Waals surface area contributed by atoms with Crippen LogP contribution in [-0.2, 0) is 6.61 Å². The van der Waals surface area contributed by atoms with Crippen molar-refractivity contribution in [3.8, 4) is 11.8 Å². The molecule has 0 saturated carbocycles. The van der Waals surface area contributed by atoms with Gasteiger partial charge in [-0.3, -0.25) is 4.79 Å². The number of hydrogen-bond acceptors (Lipinski definition) is 5. The van der Waals surface area contributed by atoms with Gasteiger partial charge in [0.05, 0.1) is 16.9 Å². The van der Waals surface area contributed by atoms with E-state index >= 15 is 0 Å². The van der Waals surface area contributed by atoms with Crippen LogP contribution in [0.15, 0.2) is 65.1 Å². The van der Waals surface area contributed by atoms with Crippen molar-refractivity contribution in [1.82, 2.24) is 0 Å². The van der Waals surface area contributed by atoms with Crippen LogP contribution in [0.25, 0.3) is 0 Å². The average Bonchev–Trinajstić information content (AvgIpc) is 3.45. The summed E-state index contributed by atoms with van der Waals surface area (Å²) in [6.07, 6.45) is 2.33. The summed E-state index contributed by atoms with van der Waals surface area (Å²) in [6, 6.07) is 20.2. The second kappa shape index (κ2) is 8.53. The Balaban J connectivity index is 1.42. The third-order valence-corrected chi connectivity index (χ3v) is 4.86. The molecule has 0 radical (unpaired) electrons. The fraction of sp³-hybridized carbons (Fsp3) is 0.217. The van der Waals surface area contributed by atoms with E-state index in [0.717, 1.165) is 24.5 Å². The van der Waals surface area contributed by atoms with Crippen LogP contribution >= 0.6 is 0 Å². The van der Waals surface area contributed by atoms with Crippen LogP contribution in [0.4, 0.5) is 11.4 Å². The van der Waals surface area contributed by atoms with E-state index in [-0.39, 0.29) is 18.3 Å². The van der Waals surface area contributed by atoms with Gasteiger partial charge in [-0.15, -0.1) is 0 Å². The van der Waals surface area contributed by atoms with Crippen molar-refractivity contribution in [1.29, 1.82) is 5.26 Å². The van der Waals surface area contributed by atoms with Crippen LogP contribution in [0, 0.1) is 11.3 Å². The standard InChI is InChI=1S/C23H21N3O3/c24-15-17-7-1-4-10-21(17)28-16-18-11-12-22(29-18)23(27)25-19-8-2-3-9-20(19)26-13-5-6-14-26/h1-4,7-12H,5-6,13-14,16H2,(H,25,27). The molecule has 0 aliphatic carbocycles. The van der Waals surface area contributed by atoms with Gasteiger partial charge in [-0.25, -0.2) is 0 Å². The fourth-order valence-electron chi connectivity index (χ4n) is 3.41. The largest absolute Gasteiger partial charge is 0.484 e. The lowest BCUT2D eigenvalue weighted by Crippen LogP contribution is -2.21. The molecule has 0 bridgehead atoms. The summed E-state index contributed by atoms with van der Waals surface area (Å²) in [4.78, 5) is 14.9. The molecule has 1 aliphatic rings. The minimum atomic E-state index is -0.305. The van der Waals surface area contributed by atoms with Crippen LogP contribution in [0.1, 0.15) is 34.7 Å². The summed E-state index contributed by atoms with van der Waals surface area (Å²) in [5.74, 6) is 0.904. The lowest BCUT2D eigenvalue weighted by atomic mass is 10.2. The summed E-state index contributed by atoms with van der Waals surface area (Å²) in [5, 5.41) is 12.1. The van der Waals surface area contributed by atoms with Gasteiger partial charge >= 0.3 is 0 Å². The third-order valence-electron chi connectivity index (χ3n) is 4.86. The zero-order chi connectivity index (χ0) is 20.1. The molecule has 1 fully saturated rings. The van der Waals surface area contributed by atoms with Crippen molar-refractivity contribution in [3.05, 3.63) is 77.7 Å². The zero-order valence-electron chi connectivity index (χ0n) is 15.9. The molecule has 1 aromatic heterocycles. The molecule has 6 heteroatoms. The van der Waals surface area contributed by atoms with Crippen molar-refractivity contribution in [2.45, 2.75) is 19.4 Å². The number of para-hydroxylation sites is 3. The molecule has 1 aliphatic heterocycles. The van der Waals surface area contributed by atoms with E-state index in [1.165, 1.54) is 12.8 Å². The Morgan fingerprint density at radius 2 is 1.83 bits per heavy atom. The Labute approximate surface area is 169 Å². The number of rotatable bonds is 6. The van der Waals surface area contributed by atoms with Crippen molar-refractivity contribution < 1.29 is 13.9 Å². The third kappa shape index (κ3) is 4.25. The van der Waals surface area contributed by atoms with Crippen LogP contribution in [0.3, 0.4) is 0 Å². The molecule has 146 valence electrons. The Morgan fingerprint density at radius 3 is 2.66 bits per heavy atom. The number of furan rings is 1. The maximum atomic E-state index is 12.7. The monoisotopic (exact) mass is 387 g/mol. The minimum Gasteiger partial charge on any atom is -0.484 e. The Bertz CT molecular complexity index is 1050. The van der Waals surface area contributed by atoms with Gasteiger partial charge in [0.1, 0.15) is 24.2 Å². The molecule has 2 heterocycles. The molecule has 0 unspecified atom stereocenters. The maximum absolute atomic E-state index is 12.7. The van der Waals surface area contributed by atoms with Crippen molar-refractivity contribution in [2.24, 2.45) is 0 Å². The molecule has 1 N–H and O–H groups in total. The molecule has 3 aromatic rings. The van der Waals surface area contributed by atoms with Gasteiger partial charge in [0.15, 0.2) is 5.76 Å². The summed E-state index contributed by atoms with van der Waals surface area (Å²) in [6.45, 7) is 2.13. The van der Waals surface area contributed by atoms with E-state index in [2.05, 4.69) is 16.3 Å². The molecule has 6 nitrogen and oxygen atoms in total. The number of nitrogens with one attached hydrogen (secondary N) is 1. The summed E-state index contributed by atoms with van der Waals surface area (Å²) < 4.78 is 11.3. The second-order valence-corrected chi connectivity index (χ2v) is 6.83. The molecule has 0 spiro atoms. The lowest BCUT2D eigenvalue weighted by Gasteiger charge is -2.21. The number of nitriles is 1. The quantitative estimate of drug-likeness (QED) is 0.670. The molecule has 2 aromatic carbocycles. The van der Waals surface area contributed by atoms with Gasteiger partial charge < -0.3 is 19.4 Å². The summed E-state index contributed by atoms with van der Waals surface area (Å²) in [5.41, 5.74) is 2.26. The van der Waals surface area contributed by atoms with E-state index in [4.69, 9.17) is 14.4 Å². The maximum Gasteiger partial charge on any atom is 0.291 e. The summed E-state index contributed by atoms with van der Waals surface area (Å²) >= 11 is 0. The highest BCUT2D eigenvalue weighted by molar-refractivity contribution is 6.04. The van der Waals surface area contributed by atoms with Gasteiger partial charge in [-0.2, -0.15) is 5.26 Å². The van der Waals surface area contributed by atoms with Crippen LogP contribution in [0.2, 0.25) is 0 Å².